The Labute approximate surface area is 103 Å². The number of piperidine rings is 1. The molecule has 1 heterocycles. The Morgan fingerprint density at radius 1 is 1.47 bits per heavy atom. The molecule has 1 aliphatic heterocycles. The summed E-state index contributed by atoms with van der Waals surface area (Å²) < 4.78 is 13.1. The molecule has 3 heteroatoms. The van der Waals surface area contributed by atoms with Crippen LogP contribution >= 0.6 is 0 Å². The lowest BCUT2D eigenvalue weighted by atomic mass is 9.94. The predicted molar refractivity (Wildman–Crippen MR) is 68.4 cm³/mol. The van der Waals surface area contributed by atoms with Crippen LogP contribution in [0.5, 0.6) is 0 Å². The molecule has 17 heavy (non-hydrogen) atoms. The van der Waals surface area contributed by atoms with E-state index in [1.54, 1.807) is 12.1 Å². The molecule has 1 saturated heterocycles. The predicted octanol–water partition coefficient (Wildman–Crippen LogP) is 2.47. The number of hydrogen-bond donors (Lipinski definition) is 2. The third kappa shape index (κ3) is 3.27. The van der Waals surface area contributed by atoms with Crippen LogP contribution in [-0.4, -0.2) is 19.1 Å². The standard InChI is InChI=1S/C14H21FN2/c1-10-9-16-7-6-14(10)17-11(2)12-4-3-5-13(15)8-12/h3-5,8,10-11,14,16-17H,6-7,9H2,1-2H3. The van der Waals surface area contributed by atoms with E-state index in [4.69, 9.17) is 0 Å². The van der Waals surface area contributed by atoms with E-state index in [2.05, 4.69) is 24.5 Å². The first kappa shape index (κ1) is 12.5. The van der Waals surface area contributed by atoms with Gasteiger partial charge in [0.25, 0.3) is 0 Å². The second-order valence-corrected chi connectivity index (χ2v) is 5.02. The van der Waals surface area contributed by atoms with Crippen molar-refractivity contribution in [2.75, 3.05) is 13.1 Å². The molecule has 0 radical (unpaired) electrons. The summed E-state index contributed by atoms with van der Waals surface area (Å²) in [4.78, 5) is 0. The summed E-state index contributed by atoms with van der Waals surface area (Å²) in [5, 5.41) is 6.99. The summed E-state index contributed by atoms with van der Waals surface area (Å²) in [5.41, 5.74) is 1.02. The van der Waals surface area contributed by atoms with E-state index in [0.717, 1.165) is 25.1 Å². The van der Waals surface area contributed by atoms with Crippen molar-refractivity contribution >= 4 is 0 Å². The first-order chi connectivity index (χ1) is 8.16. The molecule has 0 saturated carbocycles. The molecule has 2 nitrogen and oxygen atoms in total. The molecule has 0 amide bonds. The summed E-state index contributed by atoms with van der Waals surface area (Å²) in [6.07, 6.45) is 1.14. The third-order valence-electron chi connectivity index (χ3n) is 3.60. The molecular formula is C14H21FN2. The van der Waals surface area contributed by atoms with Crippen molar-refractivity contribution in [2.45, 2.75) is 32.4 Å². The van der Waals surface area contributed by atoms with Crippen LogP contribution in [0.3, 0.4) is 0 Å². The Bertz CT molecular complexity index is 367. The lowest BCUT2D eigenvalue weighted by Crippen LogP contribution is -2.47. The zero-order valence-corrected chi connectivity index (χ0v) is 10.5. The smallest absolute Gasteiger partial charge is 0.123 e. The average Bonchev–Trinajstić information content (AvgIpc) is 2.32. The Hall–Kier alpha value is -0.930. The number of halogens is 1. The van der Waals surface area contributed by atoms with E-state index in [0.29, 0.717) is 12.0 Å². The van der Waals surface area contributed by atoms with E-state index >= 15 is 0 Å². The lowest BCUT2D eigenvalue weighted by molar-refractivity contribution is 0.278. The molecule has 2 rings (SSSR count). The van der Waals surface area contributed by atoms with Gasteiger partial charge in [-0.15, -0.1) is 0 Å². The molecule has 2 N–H and O–H groups in total. The number of rotatable bonds is 3. The highest BCUT2D eigenvalue weighted by atomic mass is 19.1. The van der Waals surface area contributed by atoms with Crippen LogP contribution in [0.1, 0.15) is 31.9 Å². The second-order valence-electron chi connectivity index (χ2n) is 5.02. The minimum absolute atomic E-state index is 0.158. The highest BCUT2D eigenvalue weighted by molar-refractivity contribution is 5.19. The van der Waals surface area contributed by atoms with Crippen molar-refractivity contribution in [1.29, 1.82) is 0 Å². The molecule has 0 aliphatic carbocycles. The normalized spacial score (nSPS) is 26.8. The van der Waals surface area contributed by atoms with Crippen molar-refractivity contribution in [3.8, 4) is 0 Å². The maximum atomic E-state index is 13.1. The zero-order valence-electron chi connectivity index (χ0n) is 10.5. The summed E-state index contributed by atoms with van der Waals surface area (Å²) in [6, 6.07) is 7.58. The Balaban J connectivity index is 1.98. The molecule has 1 aliphatic rings. The molecule has 1 aromatic rings. The first-order valence-electron chi connectivity index (χ1n) is 6.39. The summed E-state index contributed by atoms with van der Waals surface area (Å²) in [6.45, 7) is 6.48. The van der Waals surface area contributed by atoms with Gasteiger partial charge >= 0.3 is 0 Å². The summed E-state index contributed by atoms with van der Waals surface area (Å²) >= 11 is 0. The quantitative estimate of drug-likeness (QED) is 0.842. The molecule has 0 bridgehead atoms. The van der Waals surface area contributed by atoms with Gasteiger partial charge in [0.05, 0.1) is 0 Å². The molecular weight excluding hydrogens is 215 g/mol. The van der Waals surface area contributed by atoms with E-state index in [-0.39, 0.29) is 11.9 Å². The molecule has 3 atom stereocenters. The average molecular weight is 236 g/mol. The Morgan fingerprint density at radius 2 is 2.29 bits per heavy atom. The maximum absolute atomic E-state index is 13.1. The number of nitrogens with one attached hydrogen (secondary N) is 2. The van der Waals surface area contributed by atoms with Gasteiger partial charge in [-0.2, -0.15) is 0 Å². The van der Waals surface area contributed by atoms with Crippen LogP contribution in [-0.2, 0) is 0 Å². The molecule has 94 valence electrons. The topological polar surface area (TPSA) is 24.1 Å². The fourth-order valence-electron chi connectivity index (χ4n) is 2.45. The van der Waals surface area contributed by atoms with Crippen LogP contribution in [0.2, 0.25) is 0 Å². The van der Waals surface area contributed by atoms with Crippen LogP contribution < -0.4 is 10.6 Å². The highest BCUT2D eigenvalue weighted by Crippen LogP contribution is 2.18. The summed E-state index contributed by atoms with van der Waals surface area (Å²) in [5.74, 6) is 0.467. The molecule has 0 spiro atoms. The minimum Gasteiger partial charge on any atom is -0.316 e. The van der Waals surface area contributed by atoms with Gasteiger partial charge in [-0.3, -0.25) is 0 Å². The van der Waals surface area contributed by atoms with E-state index in [9.17, 15) is 4.39 Å². The molecule has 1 aromatic carbocycles. The molecule has 0 aromatic heterocycles. The first-order valence-corrected chi connectivity index (χ1v) is 6.39. The Kier molecular flexibility index (Phi) is 4.13. The Morgan fingerprint density at radius 3 is 3.00 bits per heavy atom. The largest absolute Gasteiger partial charge is 0.316 e. The fraction of sp³-hybridized carbons (Fsp3) is 0.571. The maximum Gasteiger partial charge on any atom is 0.123 e. The van der Waals surface area contributed by atoms with Crippen LogP contribution in [0.15, 0.2) is 24.3 Å². The van der Waals surface area contributed by atoms with Crippen molar-refractivity contribution in [3.05, 3.63) is 35.6 Å². The molecule has 3 unspecified atom stereocenters. The van der Waals surface area contributed by atoms with Crippen molar-refractivity contribution in [2.24, 2.45) is 5.92 Å². The zero-order chi connectivity index (χ0) is 12.3. The fourth-order valence-corrected chi connectivity index (χ4v) is 2.45. The van der Waals surface area contributed by atoms with Gasteiger partial charge in [-0.25, -0.2) is 4.39 Å². The van der Waals surface area contributed by atoms with Crippen molar-refractivity contribution < 1.29 is 4.39 Å². The van der Waals surface area contributed by atoms with Crippen LogP contribution in [0.25, 0.3) is 0 Å². The van der Waals surface area contributed by atoms with E-state index < -0.39 is 0 Å². The van der Waals surface area contributed by atoms with Crippen LogP contribution in [0, 0.1) is 11.7 Å². The van der Waals surface area contributed by atoms with Crippen molar-refractivity contribution in [1.82, 2.24) is 10.6 Å². The van der Waals surface area contributed by atoms with Gasteiger partial charge in [-0.05, 0) is 50.0 Å². The van der Waals surface area contributed by atoms with Gasteiger partial charge in [0.2, 0.25) is 0 Å². The summed E-state index contributed by atoms with van der Waals surface area (Å²) in [7, 11) is 0. The highest BCUT2D eigenvalue weighted by Gasteiger charge is 2.22. The molecule has 1 fully saturated rings. The van der Waals surface area contributed by atoms with Gasteiger partial charge in [0, 0.05) is 12.1 Å². The van der Waals surface area contributed by atoms with Gasteiger partial charge in [0.15, 0.2) is 0 Å². The van der Waals surface area contributed by atoms with E-state index in [1.165, 1.54) is 6.07 Å². The minimum atomic E-state index is -0.158. The van der Waals surface area contributed by atoms with Gasteiger partial charge in [0.1, 0.15) is 5.82 Å². The van der Waals surface area contributed by atoms with E-state index in [1.807, 2.05) is 6.07 Å². The van der Waals surface area contributed by atoms with Gasteiger partial charge in [-0.1, -0.05) is 19.1 Å². The number of benzene rings is 1. The third-order valence-corrected chi connectivity index (χ3v) is 3.60. The lowest BCUT2D eigenvalue weighted by Gasteiger charge is -2.33. The second kappa shape index (κ2) is 5.61. The van der Waals surface area contributed by atoms with Gasteiger partial charge < -0.3 is 10.6 Å². The monoisotopic (exact) mass is 236 g/mol. The van der Waals surface area contributed by atoms with Crippen molar-refractivity contribution in [3.63, 3.8) is 0 Å². The SMILES string of the molecule is CC(NC1CCNCC1C)c1cccc(F)c1. The van der Waals surface area contributed by atoms with Crippen LogP contribution in [0.4, 0.5) is 4.39 Å². The number of hydrogen-bond acceptors (Lipinski definition) is 2.